The Morgan fingerprint density at radius 2 is 2.00 bits per heavy atom. The van der Waals surface area contributed by atoms with Crippen LogP contribution in [0.25, 0.3) is 10.6 Å². The van der Waals surface area contributed by atoms with Crippen LogP contribution >= 0.6 is 22.9 Å². The summed E-state index contributed by atoms with van der Waals surface area (Å²) in [4.78, 5) is 15.4. The van der Waals surface area contributed by atoms with Crippen LogP contribution in [0, 0.1) is 0 Å². The summed E-state index contributed by atoms with van der Waals surface area (Å²) in [6, 6.07) is 7.07. The first-order valence-corrected chi connectivity index (χ1v) is 5.74. The van der Waals surface area contributed by atoms with Crippen LogP contribution in [-0.4, -0.2) is 15.9 Å². The van der Waals surface area contributed by atoms with Crippen molar-refractivity contribution in [3.8, 4) is 16.5 Å². The Hall–Kier alpha value is -1.39. The van der Waals surface area contributed by atoms with Gasteiger partial charge < -0.3 is 5.11 Å². The van der Waals surface area contributed by atoms with E-state index in [9.17, 15) is 9.90 Å². The Labute approximate surface area is 101 Å². The fourth-order valence-corrected chi connectivity index (χ4v) is 2.24. The quantitative estimate of drug-likeness (QED) is 0.835. The lowest BCUT2D eigenvalue weighted by Crippen LogP contribution is -1.85. The van der Waals surface area contributed by atoms with Crippen molar-refractivity contribution in [2.75, 3.05) is 0 Å². The van der Waals surface area contributed by atoms with Crippen molar-refractivity contribution >= 4 is 28.7 Å². The molecule has 0 saturated carbocycles. The number of aromatic nitrogens is 1. The van der Waals surface area contributed by atoms with Crippen LogP contribution in [0.2, 0.25) is 5.02 Å². The minimum Gasteiger partial charge on any atom is -0.492 e. The van der Waals surface area contributed by atoms with Crippen LogP contribution in [0.1, 0.15) is 16.6 Å². The summed E-state index contributed by atoms with van der Waals surface area (Å²) in [7, 11) is 0. The molecule has 0 saturated heterocycles. The third-order valence-corrected chi connectivity index (χ3v) is 3.47. The predicted molar refractivity (Wildman–Crippen MR) is 64.2 cm³/mol. The minimum absolute atomic E-state index is 0.185. The first-order valence-electron chi connectivity index (χ1n) is 4.54. The standard InChI is InChI=1S/C11H8ClNO2S/c1-6(14)9-10(15)13-11(16-9)7-2-4-8(12)5-3-7/h2-5,15H,1H3. The fourth-order valence-electron chi connectivity index (χ4n) is 1.26. The summed E-state index contributed by atoms with van der Waals surface area (Å²) in [5, 5.41) is 10.7. The first-order chi connectivity index (χ1) is 7.58. The lowest BCUT2D eigenvalue weighted by Gasteiger charge is -1.94. The van der Waals surface area contributed by atoms with Crippen LogP contribution in [0.4, 0.5) is 0 Å². The molecule has 16 heavy (non-hydrogen) atoms. The highest BCUT2D eigenvalue weighted by molar-refractivity contribution is 7.17. The van der Waals surface area contributed by atoms with E-state index in [0.717, 1.165) is 5.56 Å². The van der Waals surface area contributed by atoms with E-state index in [2.05, 4.69) is 4.98 Å². The zero-order valence-electron chi connectivity index (χ0n) is 8.40. The van der Waals surface area contributed by atoms with Gasteiger partial charge in [0.05, 0.1) is 0 Å². The van der Waals surface area contributed by atoms with Gasteiger partial charge in [0, 0.05) is 17.5 Å². The van der Waals surface area contributed by atoms with E-state index >= 15 is 0 Å². The number of rotatable bonds is 2. The van der Waals surface area contributed by atoms with Crippen molar-refractivity contribution in [3.05, 3.63) is 34.2 Å². The lowest BCUT2D eigenvalue weighted by molar-refractivity contribution is 0.101. The van der Waals surface area contributed by atoms with Gasteiger partial charge >= 0.3 is 0 Å². The zero-order valence-corrected chi connectivity index (χ0v) is 9.97. The maximum absolute atomic E-state index is 11.2. The van der Waals surface area contributed by atoms with Crippen molar-refractivity contribution in [2.45, 2.75) is 6.92 Å². The molecule has 0 atom stereocenters. The number of hydrogen-bond acceptors (Lipinski definition) is 4. The average Bonchev–Trinajstić information content (AvgIpc) is 2.61. The Bertz CT molecular complexity index is 533. The highest BCUT2D eigenvalue weighted by atomic mass is 35.5. The lowest BCUT2D eigenvalue weighted by atomic mass is 10.2. The third kappa shape index (κ3) is 2.08. The molecule has 1 aromatic heterocycles. The van der Waals surface area contributed by atoms with Crippen LogP contribution in [0.5, 0.6) is 5.88 Å². The van der Waals surface area contributed by atoms with Gasteiger partial charge in [0.1, 0.15) is 9.88 Å². The largest absolute Gasteiger partial charge is 0.492 e. The molecule has 0 fully saturated rings. The van der Waals surface area contributed by atoms with Crippen molar-refractivity contribution in [3.63, 3.8) is 0 Å². The highest BCUT2D eigenvalue weighted by Crippen LogP contribution is 2.32. The van der Waals surface area contributed by atoms with Crippen molar-refractivity contribution in [1.29, 1.82) is 0 Å². The van der Waals surface area contributed by atoms with Gasteiger partial charge in [-0.2, -0.15) is 0 Å². The maximum atomic E-state index is 11.2. The van der Waals surface area contributed by atoms with Crippen LogP contribution < -0.4 is 0 Å². The van der Waals surface area contributed by atoms with E-state index in [1.807, 2.05) is 0 Å². The second-order valence-corrected chi connectivity index (χ2v) is 4.67. The van der Waals surface area contributed by atoms with Crippen molar-refractivity contribution < 1.29 is 9.90 Å². The molecule has 1 N–H and O–H groups in total. The Kier molecular flexibility index (Phi) is 2.94. The molecular formula is C11H8ClNO2S. The second-order valence-electron chi connectivity index (χ2n) is 3.23. The molecule has 0 radical (unpaired) electrons. The summed E-state index contributed by atoms with van der Waals surface area (Å²) in [5.74, 6) is -0.391. The summed E-state index contributed by atoms with van der Waals surface area (Å²) >= 11 is 6.94. The zero-order chi connectivity index (χ0) is 11.7. The Morgan fingerprint density at radius 1 is 1.38 bits per heavy atom. The molecule has 0 aliphatic rings. The van der Waals surface area contributed by atoms with E-state index in [4.69, 9.17) is 11.6 Å². The topological polar surface area (TPSA) is 50.2 Å². The molecule has 0 aliphatic carbocycles. The van der Waals surface area contributed by atoms with Crippen LogP contribution in [0.3, 0.4) is 0 Å². The number of thiazole rings is 1. The molecule has 2 aromatic rings. The average molecular weight is 254 g/mol. The molecule has 0 aliphatic heterocycles. The number of nitrogens with zero attached hydrogens (tertiary/aromatic N) is 1. The normalized spacial score (nSPS) is 10.4. The number of carbonyl (C=O) groups excluding carboxylic acids is 1. The molecule has 3 nitrogen and oxygen atoms in total. The van der Waals surface area contributed by atoms with E-state index in [1.54, 1.807) is 24.3 Å². The molecule has 0 bridgehead atoms. The van der Waals surface area contributed by atoms with Gasteiger partial charge in [-0.15, -0.1) is 11.3 Å². The number of ketones is 1. The number of benzene rings is 1. The van der Waals surface area contributed by atoms with Gasteiger partial charge in [-0.25, -0.2) is 4.98 Å². The molecule has 1 aromatic carbocycles. The number of carbonyl (C=O) groups is 1. The summed E-state index contributed by atoms with van der Waals surface area (Å²) in [5.41, 5.74) is 0.831. The van der Waals surface area contributed by atoms with Crippen molar-refractivity contribution in [2.24, 2.45) is 0 Å². The van der Waals surface area contributed by atoms with E-state index in [1.165, 1.54) is 18.3 Å². The van der Waals surface area contributed by atoms with Crippen LogP contribution in [0.15, 0.2) is 24.3 Å². The SMILES string of the molecule is CC(=O)c1sc(-c2ccc(Cl)cc2)nc1O. The highest BCUT2D eigenvalue weighted by Gasteiger charge is 2.14. The fraction of sp³-hybridized carbons (Fsp3) is 0.0909. The molecule has 2 rings (SSSR count). The van der Waals surface area contributed by atoms with Gasteiger partial charge in [0.25, 0.3) is 0 Å². The maximum Gasteiger partial charge on any atom is 0.233 e. The van der Waals surface area contributed by atoms with E-state index < -0.39 is 0 Å². The molecule has 0 spiro atoms. The molecule has 82 valence electrons. The molecule has 1 heterocycles. The molecule has 0 amide bonds. The van der Waals surface area contributed by atoms with Gasteiger partial charge in [-0.05, 0) is 12.1 Å². The summed E-state index contributed by atoms with van der Waals surface area (Å²) in [6.45, 7) is 1.40. The molecule has 0 unspecified atom stereocenters. The van der Waals surface area contributed by atoms with E-state index in [-0.39, 0.29) is 16.5 Å². The smallest absolute Gasteiger partial charge is 0.233 e. The number of Topliss-reactive ketones (excluding diaryl/α,β-unsaturated/α-hetero) is 1. The Morgan fingerprint density at radius 3 is 2.50 bits per heavy atom. The number of hydrogen-bond donors (Lipinski definition) is 1. The van der Waals surface area contributed by atoms with Gasteiger partial charge in [-0.1, -0.05) is 23.7 Å². The summed E-state index contributed by atoms with van der Waals surface area (Å²) in [6.07, 6.45) is 0. The predicted octanol–water partition coefficient (Wildman–Crippen LogP) is 3.37. The van der Waals surface area contributed by atoms with Crippen LogP contribution in [-0.2, 0) is 0 Å². The third-order valence-electron chi connectivity index (χ3n) is 2.02. The summed E-state index contributed by atoms with van der Waals surface area (Å²) < 4.78 is 0. The molecular weight excluding hydrogens is 246 g/mol. The minimum atomic E-state index is -0.206. The Balaban J connectivity index is 2.45. The van der Waals surface area contributed by atoms with Gasteiger partial charge in [0.15, 0.2) is 5.78 Å². The van der Waals surface area contributed by atoms with Crippen molar-refractivity contribution in [1.82, 2.24) is 4.98 Å². The van der Waals surface area contributed by atoms with Gasteiger partial charge in [0.2, 0.25) is 5.88 Å². The molecule has 5 heteroatoms. The first kappa shape index (κ1) is 11.1. The van der Waals surface area contributed by atoms with E-state index in [0.29, 0.717) is 10.0 Å². The van der Waals surface area contributed by atoms with Gasteiger partial charge in [-0.3, -0.25) is 4.79 Å². The number of halogens is 1. The monoisotopic (exact) mass is 253 g/mol. The second kappa shape index (κ2) is 4.23. The number of aromatic hydroxyl groups is 1.